The van der Waals surface area contributed by atoms with E-state index in [1.165, 1.54) is 4.90 Å². The van der Waals surface area contributed by atoms with Crippen molar-refractivity contribution in [2.45, 2.75) is 45.8 Å². The van der Waals surface area contributed by atoms with E-state index in [4.69, 9.17) is 6.85 Å². The van der Waals surface area contributed by atoms with Gasteiger partial charge in [-0.1, -0.05) is 51.0 Å². The molecule has 1 aromatic rings. The Bertz CT molecular complexity index is 690. The van der Waals surface area contributed by atoms with Crippen LogP contribution in [0.5, 0.6) is 0 Å². The summed E-state index contributed by atoms with van der Waals surface area (Å²) in [7, 11) is 0. The van der Waals surface area contributed by atoms with E-state index in [2.05, 4.69) is 0 Å². The van der Waals surface area contributed by atoms with Gasteiger partial charge in [0.05, 0.1) is 13.0 Å². The molecule has 0 aromatic heterocycles. The zero-order chi connectivity index (χ0) is 20.0. The van der Waals surface area contributed by atoms with Gasteiger partial charge in [0.15, 0.2) is 0 Å². The number of piperidine rings is 1. The summed E-state index contributed by atoms with van der Waals surface area (Å²) >= 11 is 0. The zero-order valence-electron chi connectivity index (χ0n) is 17.6. The molecule has 21 heavy (non-hydrogen) atoms. The summed E-state index contributed by atoms with van der Waals surface area (Å²) in [4.78, 5) is 12.9. The summed E-state index contributed by atoms with van der Waals surface area (Å²) in [5.41, 5.74) is -0.464. The van der Waals surface area contributed by atoms with Gasteiger partial charge in [-0.2, -0.15) is 0 Å². The topological polar surface area (TPSA) is 60.8 Å². The smallest absolute Gasteiger partial charge is 0.407 e. The molecular formula is C17H25NO3. The molecule has 3 atom stereocenters. The maximum atomic E-state index is 11.5. The molecule has 0 radical (unpaired) electrons. The lowest BCUT2D eigenvalue weighted by atomic mass is 9.74. The summed E-state index contributed by atoms with van der Waals surface area (Å²) < 4.78 is 39.2. The second kappa shape index (κ2) is 6.06. The van der Waals surface area contributed by atoms with E-state index in [0.717, 1.165) is 0 Å². The minimum absolute atomic E-state index is 0.113. The molecule has 116 valence electrons. The quantitative estimate of drug-likeness (QED) is 0.877. The van der Waals surface area contributed by atoms with Gasteiger partial charge >= 0.3 is 6.09 Å². The number of carboxylic acid groups (broad SMARTS) is 1. The van der Waals surface area contributed by atoms with E-state index in [-0.39, 0.29) is 23.6 Å². The molecule has 0 bridgehead atoms. The molecule has 2 N–H and O–H groups in total. The van der Waals surface area contributed by atoms with Gasteiger partial charge in [-0.3, -0.25) is 0 Å². The molecule has 0 spiro atoms. The monoisotopic (exact) mass is 296 g/mol. The van der Waals surface area contributed by atoms with Crippen LogP contribution in [0, 0.1) is 11.3 Å². The maximum Gasteiger partial charge on any atom is 0.407 e. The summed E-state index contributed by atoms with van der Waals surface area (Å²) in [5.74, 6) is -0.390. The van der Waals surface area contributed by atoms with Crippen LogP contribution in [0.3, 0.4) is 0 Å². The fraction of sp³-hybridized carbons (Fsp3) is 0.588. The molecule has 3 unspecified atom stereocenters. The van der Waals surface area contributed by atoms with Crippen LogP contribution in [0.4, 0.5) is 4.79 Å². The molecule has 1 aliphatic heterocycles. The SMILES string of the molecule is [2H]c1c([2H])c([2H])c(C(O)C2CCN(C(=O)O)C(C(C)(C)C)C2)c([2H])c1[2H]. The van der Waals surface area contributed by atoms with E-state index < -0.39 is 48.3 Å². The Morgan fingerprint density at radius 3 is 2.52 bits per heavy atom. The summed E-state index contributed by atoms with van der Waals surface area (Å²) in [6.07, 6.45) is -1.54. The van der Waals surface area contributed by atoms with Crippen LogP contribution in [0.1, 0.15) is 52.1 Å². The van der Waals surface area contributed by atoms with Gasteiger partial charge in [-0.15, -0.1) is 0 Å². The van der Waals surface area contributed by atoms with Crippen molar-refractivity contribution in [3.63, 3.8) is 0 Å². The lowest BCUT2D eigenvalue weighted by Crippen LogP contribution is -2.52. The highest BCUT2D eigenvalue weighted by Gasteiger charge is 2.40. The summed E-state index contributed by atoms with van der Waals surface area (Å²) in [6.45, 7) is 6.00. The van der Waals surface area contributed by atoms with E-state index in [1.807, 2.05) is 20.8 Å². The molecule has 0 saturated carbocycles. The highest BCUT2D eigenvalue weighted by Crippen LogP contribution is 2.39. The number of amides is 1. The van der Waals surface area contributed by atoms with Crippen LogP contribution in [0.15, 0.2) is 30.2 Å². The van der Waals surface area contributed by atoms with Crippen molar-refractivity contribution in [1.82, 2.24) is 4.90 Å². The average Bonchev–Trinajstić information content (AvgIpc) is 2.56. The van der Waals surface area contributed by atoms with Crippen molar-refractivity contribution in [2.24, 2.45) is 11.3 Å². The molecular weight excluding hydrogens is 266 g/mol. The lowest BCUT2D eigenvalue weighted by molar-refractivity contribution is -0.000832. The highest BCUT2D eigenvalue weighted by molar-refractivity contribution is 5.65. The average molecular weight is 296 g/mol. The van der Waals surface area contributed by atoms with Gasteiger partial charge in [0.1, 0.15) is 0 Å². The van der Waals surface area contributed by atoms with Gasteiger partial charge < -0.3 is 15.1 Å². The number of hydrogen-bond acceptors (Lipinski definition) is 2. The van der Waals surface area contributed by atoms with Gasteiger partial charge in [-0.05, 0) is 29.7 Å². The third-order valence-corrected chi connectivity index (χ3v) is 4.15. The van der Waals surface area contributed by atoms with Crippen molar-refractivity contribution in [2.75, 3.05) is 6.54 Å². The largest absolute Gasteiger partial charge is 0.465 e. The second-order valence-corrected chi connectivity index (χ2v) is 6.63. The minimum Gasteiger partial charge on any atom is -0.465 e. The number of aliphatic hydroxyl groups excluding tert-OH is 1. The molecule has 1 heterocycles. The maximum absolute atomic E-state index is 11.5. The van der Waals surface area contributed by atoms with Crippen LogP contribution in [-0.4, -0.2) is 33.8 Å². The predicted molar refractivity (Wildman–Crippen MR) is 82.1 cm³/mol. The second-order valence-electron chi connectivity index (χ2n) is 6.63. The zero-order valence-corrected chi connectivity index (χ0v) is 12.6. The Kier molecular flexibility index (Phi) is 2.95. The normalized spacial score (nSPS) is 28.0. The van der Waals surface area contributed by atoms with Crippen LogP contribution < -0.4 is 0 Å². The van der Waals surface area contributed by atoms with E-state index in [1.54, 1.807) is 0 Å². The van der Waals surface area contributed by atoms with Gasteiger partial charge in [-0.25, -0.2) is 4.79 Å². The molecule has 1 aromatic carbocycles. The molecule has 1 saturated heterocycles. The van der Waals surface area contributed by atoms with Crippen LogP contribution in [0.2, 0.25) is 0 Å². The van der Waals surface area contributed by atoms with Gasteiger partial charge in [0.25, 0.3) is 0 Å². The predicted octanol–water partition coefficient (Wildman–Crippen LogP) is 3.52. The number of rotatable bonds is 2. The van der Waals surface area contributed by atoms with Gasteiger partial charge in [0.2, 0.25) is 0 Å². The first-order valence-electron chi connectivity index (χ1n) is 9.62. The Morgan fingerprint density at radius 2 is 2.00 bits per heavy atom. The molecule has 4 heteroatoms. The van der Waals surface area contributed by atoms with E-state index in [9.17, 15) is 15.0 Å². The fourth-order valence-electron chi connectivity index (χ4n) is 2.97. The third-order valence-electron chi connectivity index (χ3n) is 4.15. The number of hydrogen-bond donors (Lipinski definition) is 2. The summed E-state index contributed by atoms with van der Waals surface area (Å²) in [6, 6.07) is -2.60. The Labute approximate surface area is 133 Å². The fourth-order valence-corrected chi connectivity index (χ4v) is 2.97. The van der Waals surface area contributed by atoms with Crippen molar-refractivity contribution in [3.05, 3.63) is 35.8 Å². The molecule has 1 fully saturated rings. The number of likely N-dealkylation sites (tertiary alicyclic amines) is 1. The molecule has 2 rings (SSSR count). The standard InChI is InChI=1S/C17H25NO3/c1-17(2,3)14-11-13(9-10-18(14)16(20)21)15(19)12-7-5-4-6-8-12/h4-8,13-15,19H,9-11H2,1-3H3,(H,20,21)/i4D,5D,6D,7D,8D. The van der Waals surface area contributed by atoms with Crippen molar-refractivity contribution >= 4 is 6.09 Å². The van der Waals surface area contributed by atoms with Crippen molar-refractivity contribution in [3.8, 4) is 0 Å². The Hall–Kier alpha value is -1.55. The van der Waals surface area contributed by atoms with Crippen molar-refractivity contribution in [1.29, 1.82) is 0 Å². The number of benzene rings is 1. The molecule has 4 nitrogen and oxygen atoms in total. The molecule has 1 amide bonds. The highest BCUT2D eigenvalue weighted by atomic mass is 16.4. The van der Waals surface area contributed by atoms with Crippen LogP contribution in [0.25, 0.3) is 0 Å². The van der Waals surface area contributed by atoms with Gasteiger partial charge in [0, 0.05) is 12.6 Å². The molecule has 0 aliphatic carbocycles. The first kappa shape index (κ1) is 10.2. The first-order chi connectivity index (χ1) is 11.9. The van der Waals surface area contributed by atoms with Crippen LogP contribution in [-0.2, 0) is 0 Å². The van der Waals surface area contributed by atoms with E-state index in [0.29, 0.717) is 12.8 Å². The Morgan fingerprint density at radius 1 is 1.38 bits per heavy atom. The van der Waals surface area contributed by atoms with Crippen molar-refractivity contribution < 1.29 is 21.9 Å². The third kappa shape index (κ3) is 3.56. The number of nitrogens with zero attached hydrogens (tertiary/aromatic N) is 1. The molecule has 1 aliphatic rings. The lowest BCUT2D eigenvalue weighted by Gasteiger charge is -2.45. The first-order valence-corrected chi connectivity index (χ1v) is 7.12. The number of aliphatic hydroxyl groups is 1. The number of carbonyl (C=O) groups is 1. The van der Waals surface area contributed by atoms with E-state index >= 15 is 0 Å². The Balaban J connectivity index is 2.40. The summed E-state index contributed by atoms with van der Waals surface area (Å²) in [5, 5.41) is 20.3. The minimum atomic E-state index is -1.25. The van der Waals surface area contributed by atoms with Crippen LogP contribution >= 0.6 is 0 Å².